The molecule has 0 aliphatic heterocycles. The minimum atomic E-state index is -3.24. The van der Waals surface area contributed by atoms with Crippen LogP contribution in [-0.4, -0.2) is 20.6 Å². The summed E-state index contributed by atoms with van der Waals surface area (Å²) in [4.78, 5) is 13.6. The van der Waals surface area contributed by atoms with Gasteiger partial charge in [-0.2, -0.15) is 0 Å². The van der Waals surface area contributed by atoms with Gasteiger partial charge in [-0.25, -0.2) is 13.1 Å². The van der Waals surface area contributed by atoms with E-state index in [1.807, 2.05) is 72.8 Å². The molecule has 4 rings (SSSR count). The normalized spacial score (nSPS) is 15.6. The quantitative estimate of drug-likeness (QED) is 0.394. The number of amides is 1. The van der Waals surface area contributed by atoms with Crippen molar-refractivity contribution in [3.63, 3.8) is 0 Å². The molecule has 1 amide bonds. The highest BCUT2D eigenvalue weighted by Crippen LogP contribution is 2.41. The van der Waals surface area contributed by atoms with Crippen molar-refractivity contribution < 1.29 is 16.1 Å². The van der Waals surface area contributed by atoms with Gasteiger partial charge in [0.05, 0.1) is 11.7 Å². The minimum Gasteiger partial charge on any atom is -0.325 e. The maximum atomic E-state index is 13.6. The number of hydrogen-bond donors (Lipinski definition) is 2. The third kappa shape index (κ3) is 5.87. The van der Waals surface area contributed by atoms with Crippen molar-refractivity contribution in [2.24, 2.45) is 0 Å². The predicted molar refractivity (Wildman–Crippen MR) is 143 cm³/mol. The zero-order valence-electron chi connectivity index (χ0n) is 19.2. The van der Waals surface area contributed by atoms with E-state index in [0.717, 1.165) is 66.3 Å². The molecule has 0 aromatic heterocycles. The van der Waals surface area contributed by atoms with Crippen LogP contribution in [0.2, 0.25) is 5.02 Å². The first-order valence-electron chi connectivity index (χ1n) is 11.5. The highest BCUT2D eigenvalue weighted by atomic mass is 35.5. The molecule has 5 nitrogen and oxygen atoms in total. The summed E-state index contributed by atoms with van der Waals surface area (Å²) in [5.41, 5.74) is 4.06. The lowest BCUT2D eigenvalue weighted by Crippen LogP contribution is -2.42. The zero-order chi connectivity index (χ0) is 24.2. The van der Waals surface area contributed by atoms with Gasteiger partial charge in [-0.3, -0.25) is 4.79 Å². The summed E-state index contributed by atoms with van der Waals surface area (Å²) in [6, 6.07) is 23.2. The average molecular weight is 501 g/mol. The summed E-state index contributed by atoms with van der Waals surface area (Å²) in [7, 11) is -3.24. The van der Waals surface area contributed by atoms with E-state index in [-0.39, 0.29) is 15.3 Å². The fourth-order valence-corrected chi connectivity index (χ4v) is 5.18. The third-order valence-electron chi connectivity index (χ3n) is 6.48. The fraction of sp³-hybridized carbons (Fsp3) is 0.296. The maximum Gasteiger partial charge on any atom is 0.235 e. The van der Waals surface area contributed by atoms with Gasteiger partial charge in [0, 0.05) is 20.1 Å². The lowest BCUT2D eigenvalue weighted by molar-refractivity contribution is -0.122. The minimum absolute atomic E-state index is 0. The molecule has 1 aliphatic rings. The molecular weight excluding hydrogens is 468 g/mol. The number of nitrogens with one attached hydrogen (secondary N) is 2. The zero-order valence-corrected chi connectivity index (χ0v) is 20.8. The Hall–Kier alpha value is -2.67. The number of halogens is 1. The second-order valence-corrected chi connectivity index (χ2v) is 11.2. The van der Waals surface area contributed by atoms with E-state index >= 15 is 0 Å². The molecule has 0 unspecified atom stereocenters. The maximum absolute atomic E-state index is 13.6. The van der Waals surface area contributed by atoms with Crippen LogP contribution in [0, 0.1) is 0 Å². The predicted octanol–water partition coefficient (Wildman–Crippen LogP) is 6.39. The molecule has 34 heavy (non-hydrogen) atoms. The van der Waals surface area contributed by atoms with Crippen LogP contribution < -0.4 is 10.0 Å². The van der Waals surface area contributed by atoms with Crippen molar-refractivity contribution >= 4 is 33.2 Å². The first kappa shape index (κ1) is 24.5. The Morgan fingerprint density at radius 2 is 1.62 bits per heavy atom. The number of rotatable bonds is 7. The topological polar surface area (TPSA) is 75.3 Å². The summed E-state index contributed by atoms with van der Waals surface area (Å²) >= 11 is 6.10. The average Bonchev–Trinajstić information content (AvgIpc) is 2.83. The van der Waals surface area contributed by atoms with Gasteiger partial charge in [-0.1, -0.05) is 79.4 Å². The van der Waals surface area contributed by atoms with Crippen molar-refractivity contribution in [3.8, 4) is 11.1 Å². The second kappa shape index (κ2) is 10.3. The molecule has 1 saturated carbocycles. The Morgan fingerprint density at radius 1 is 0.941 bits per heavy atom. The van der Waals surface area contributed by atoms with Crippen molar-refractivity contribution in [1.82, 2.24) is 4.72 Å². The molecule has 3 aromatic rings. The molecule has 2 N–H and O–H groups in total. The molecule has 0 atom stereocenters. The van der Waals surface area contributed by atoms with Gasteiger partial charge >= 0.3 is 0 Å². The Morgan fingerprint density at radius 3 is 2.26 bits per heavy atom. The van der Waals surface area contributed by atoms with Gasteiger partial charge in [0.15, 0.2) is 0 Å². The van der Waals surface area contributed by atoms with E-state index in [9.17, 15) is 13.2 Å². The van der Waals surface area contributed by atoms with Gasteiger partial charge in [0.1, 0.15) is 0 Å². The highest BCUT2D eigenvalue weighted by molar-refractivity contribution is 7.88. The number of anilines is 1. The van der Waals surface area contributed by atoms with Crippen molar-refractivity contribution in [2.45, 2.75) is 44.1 Å². The lowest BCUT2D eigenvalue weighted by atomic mass is 9.68. The summed E-state index contributed by atoms with van der Waals surface area (Å²) in [5, 5.41) is 3.84. The molecule has 0 bridgehead atoms. The molecule has 1 aliphatic carbocycles. The van der Waals surface area contributed by atoms with Gasteiger partial charge < -0.3 is 5.32 Å². The summed E-state index contributed by atoms with van der Waals surface area (Å²) in [6.07, 6.45) is 5.98. The molecule has 0 heterocycles. The van der Waals surface area contributed by atoms with E-state index < -0.39 is 15.4 Å². The number of carbonyl (C=O) groups is 1. The van der Waals surface area contributed by atoms with Gasteiger partial charge in [0.2, 0.25) is 15.9 Å². The number of sulfonamides is 1. The van der Waals surface area contributed by atoms with Crippen LogP contribution in [0.1, 0.15) is 46.1 Å². The standard InChI is InChI=1S/C27H29ClN2O3S.2H2/c1-34(32,33)29-19-20-8-10-21(11-9-20)22-6-5-7-25(18-22)30-26(31)27(16-3-2-4-17-27)23-12-14-24(28)15-13-23;;/h5-15,18,29H,2-4,16-17,19H2,1H3,(H,30,31);2*1H. The highest BCUT2D eigenvalue weighted by Gasteiger charge is 2.41. The van der Waals surface area contributed by atoms with Crippen LogP contribution in [0.4, 0.5) is 5.69 Å². The first-order chi connectivity index (χ1) is 16.2. The van der Waals surface area contributed by atoms with Crippen LogP contribution in [-0.2, 0) is 26.8 Å². The van der Waals surface area contributed by atoms with Gasteiger partial charge in [-0.15, -0.1) is 0 Å². The van der Waals surface area contributed by atoms with Crippen LogP contribution in [0.3, 0.4) is 0 Å². The molecule has 0 spiro atoms. The molecule has 0 radical (unpaired) electrons. The molecule has 1 fully saturated rings. The van der Waals surface area contributed by atoms with E-state index in [4.69, 9.17) is 11.6 Å². The van der Waals surface area contributed by atoms with Gasteiger partial charge in [0.25, 0.3) is 0 Å². The van der Waals surface area contributed by atoms with E-state index in [2.05, 4.69) is 10.0 Å². The number of hydrogen-bond acceptors (Lipinski definition) is 3. The van der Waals surface area contributed by atoms with Crippen LogP contribution >= 0.6 is 11.6 Å². The van der Waals surface area contributed by atoms with E-state index in [0.29, 0.717) is 5.02 Å². The lowest BCUT2D eigenvalue weighted by Gasteiger charge is -2.36. The van der Waals surface area contributed by atoms with E-state index in [1.165, 1.54) is 0 Å². The summed E-state index contributed by atoms with van der Waals surface area (Å²) < 4.78 is 25.1. The van der Waals surface area contributed by atoms with E-state index in [1.54, 1.807) is 0 Å². The van der Waals surface area contributed by atoms with Crippen molar-refractivity contribution in [3.05, 3.63) is 88.9 Å². The monoisotopic (exact) mass is 500 g/mol. The third-order valence-corrected chi connectivity index (χ3v) is 7.41. The number of benzene rings is 3. The Balaban J connectivity index is 0.00000228. The molecule has 7 heteroatoms. The van der Waals surface area contributed by atoms with Gasteiger partial charge in [-0.05, 0) is 59.4 Å². The largest absolute Gasteiger partial charge is 0.325 e. The summed E-state index contributed by atoms with van der Waals surface area (Å²) in [5.74, 6) is 0.0221. The fourth-order valence-electron chi connectivity index (χ4n) is 4.63. The van der Waals surface area contributed by atoms with Crippen LogP contribution in [0.5, 0.6) is 0 Å². The smallest absolute Gasteiger partial charge is 0.235 e. The van der Waals surface area contributed by atoms with Crippen molar-refractivity contribution in [2.75, 3.05) is 11.6 Å². The molecule has 182 valence electrons. The van der Waals surface area contributed by atoms with Crippen LogP contribution in [0.25, 0.3) is 11.1 Å². The Kier molecular flexibility index (Phi) is 7.41. The first-order valence-corrected chi connectivity index (χ1v) is 13.7. The second-order valence-electron chi connectivity index (χ2n) is 8.97. The Labute approximate surface area is 209 Å². The SMILES string of the molecule is CS(=O)(=O)NCc1ccc(-c2cccc(NC(=O)C3(c4ccc(Cl)cc4)CCCCC3)c2)cc1.[HH].[HH]. The van der Waals surface area contributed by atoms with Crippen LogP contribution in [0.15, 0.2) is 72.8 Å². The summed E-state index contributed by atoms with van der Waals surface area (Å²) in [6.45, 7) is 0.252. The molecule has 3 aromatic carbocycles. The molecule has 0 saturated heterocycles. The van der Waals surface area contributed by atoms with Crippen molar-refractivity contribution in [1.29, 1.82) is 0 Å². The molecular formula is C27H33ClN2O3S. The number of carbonyl (C=O) groups excluding carboxylic acids is 1. The Bertz CT molecular complexity index is 1260.